The minimum Gasteiger partial charge on any atom is -0.382 e. The summed E-state index contributed by atoms with van der Waals surface area (Å²) in [5.41, 5.74) is -0.0388. The Morgan fingerprint density at radius 3 is 2.93 bits per heavy atom. The SMILES string of the molecule is CNC(COC)(c1nccs1)C1CC1. The third-order valence-corrected chi connectivity index (χ3v) is 3.86. The quantitative estimate of drug-likeness (QED) is 0.805. The molecule has 1 heterocycles. The highest BCUT2D eigenvalue weighted by molar-refractivity contribution is 7.09. The van der Waals surface area contributed by atoms with Crippen LogP contribution >= 0.6 is 11.3 Å². The van der Waals surface area contributed by atoms with Crippen molar-refractivity contribution in [2.75, 3.05) is 20.8 Å². The van der Waals surface area contributed by atoms with Crippen molar-refractivity contribution >= 4 is 11.3 Å². The molecule has 1 N–H and O–H groups in total. The second-order valence-electron chi connectivity index (χ2n) is 3.77. The smallest absolute Gasteiger partial charge is 0.115 e. The third kappa shape index (κ3) is 1.58. The van der Waals surface area contributed by atoms with Gasteiger partial charge >= 0.3 is 0 Å². The number of rotatable bonds is 5. The van der Waals surface area contributed by atoms with Gasteiger partial charge in [-0.25, -0.2) is 4.98 Å². The first-order valence-corrected chi connectivity index (χ1v) is 5.79. The van der Waals surface area contributed by atoms with Crippen molar-refractivity contribution in [3.05, 3.63) is 16.6 Å². The molecule has 1 saturated carbocycles. The molecule has 78 valence electrons. The van der Waals surface area contributed by atoms with Gasteiger partial charge in [0.2, 0.25) is 0 Å². The standard InChI is InChI=1S/C10H16N2OS/c1-11-10(7-13-2,8-3-4-8)9-12-5-6-14-9/h5-6,8,11H,3-4,7H2,1-2H3. The van der Waals surface area contributed by atoms with Crippen LogP contribution in [0, 0.1) is 5.92 Å². The molecule has 1 aliphatic carbocycles. The fourth-order valence-corrected chi connectivity index (χ4v) is 2.90. The first-order valence-electron chi connectivity index (χ1n) is 4.91. The van der Waals surface area contributed by atoms with Crippen molar-refractivity contribution in [2.45, 2.75) is 18.4 Å². The summed E-state index contributed by atoms with van der Waals surface area (Å²) in [6.07, 6.45) is 4.43. The lowest BCUT2D eigenvalue weighted by atomic mass is 9.95. The van der Waals surface area contributed by atoms with Gasteiger partial charge in [0, 0.05) is 18.7 Å². The van der Waals surface area contributed by atoms with Crippen LogP contribution in [0.4, 0.5) is 0 Å². The lowest BCUT2D eigenvalue weighted by Crippen LogP contribution is -2.46. The molecule has 1 aromatic rings. The van der Waals surface area contributed by atoms with Crippen molar-refractivity contribution in [3.63, 3.8) is 0 Å². The first-order chi connectivity index (χ1) is 6.83. The summed E-state index contributed by atoms with van der Waals surface area (Å²) in [5.74, 6) is 0.693. The van der Waals surface area contributed by atoms with Gasteiger partial charge in [0.05, 0.1) is 12.1 Å². The van der Waals surface area contributed by atoms with E-state index in [1.54, 1.807) is 18.4 Å². The van der Waals surface area contributed by atoms with Gasteiger partial charge in [-0.05, 0) is 25.8 Å². The zero-order chi connectivity index (χ0) is 10.0. The first kappa shape index (κ1) is 10.1. The van der Waals surface area contributed by atoms with Gasteiger partial charge in [-0.3, -0.25) is 0 Å². The minimum absolute atomic E-state index is 0.0388. The molecular formula is C10H16N2OS. The fraction of sp³-hybridized carbons (Fsp3) is 0.700. The molecule has 2 rings (SSSR count). The fourth-order valence-electron chi connectivity index (χ4n) is 1.99. The van der Waals surface area contributed by atoms with Gasteiger partial charge in [-0.1, -0.05) is 0 Å². The molecule has 0 amide bonds. The molecule has 1 unspecified atom stereocenters. The van der Waals surface area contributed by atoms with Crippen LogP contribution in [0.25, 0.3) is 0 Å². The average Bonchev–Trinajstić information content (AvgIpc) is 2.91. The van der Waals surface area contributed by atoms with Crippen molar-refractivity contribution in [1.29, 1.82) is 0 Å². The number of likely N-dealkylation sites (N-methyl/N-ethyl adjacent to an activating group) is 1. The molecule has 0 spiro atoms. The number of thiazole rings is 1. The van der Waals surface area contributed by atoms with Crippen LogP contribution in [0.15, 0.2) is 11.6 Å². The number of ether oxygens (including phenoxy) is 1. The van der Waals surface area contributed by atoms with Crippen molar-refractivity contribution in [2.24, 2.45) is 5.92 Å². The van der Waals surface area contributed by atoms with Crippen molar-refractivity contribution in [3.8, 4) is 0 Å². The zero-order valence-corrected chi connectivity index (χ0v) is 9.43. The molecule has 14 heavy (non-hydrogen) atoms. The van der Waals surface area contributed by atoms with E-state index in [1.165, 1.54) is 12.8 Å². The van der Waals surface area contributed by atoms with Crippen LogP contribution in [0.2, 0.25) is 0 Å². The number of hydrogen-bond donors (Lipinski definition) is 1. The number of nitrogens with one attached hydrogen (secondary N) is 1. The zero-order valence-electron chi connectivity index (χ0n) is 8.62. The van der Waals surface area contributed by atoms with E-state index >= 15 is 0 Å². The second kappa shape index (κ2) is 3.96. The van der Waals surface area contributed by atoms with Gasteiger partial charge < -0.3 is 10.1 Å². The van der Waals surface area contributed by atoms with Crippen molar-refractivity contribution < 1.29 is 4.74 Å². The topological polar surface area (TPSA) is 34.1 Å². The van der Waals surface area contributed by atoms with E-state index in [9.17, 15) is 0 Å². The summed E-state index contributed by atoms with van der Waals surface area (Å²) in [5, 5.41) is 6.59. The summed E-state index contributed by atoms with van der Waals surface area (Å²) >= 11 is 1.71. The molecule has 1 fully saturated rings. The summed E-state index contributed by atoms with van der Waals surface area (Å²) in [6, 6.07) is 0. The van der Waals surface area contributed by atoms with E-state index < -0.39 is 0 Å². The maximum Gasteiger partial charge on any atom is 0.115 e. The third-order valence-electron chi connectivity index (χ3n) is 2.91. The normalized spacial score (nSPS) is 20.7. The summed E-state index contributed by atoms with van der Waals surface area (Å²) in [6.45, 7) is 0.710. The molecule has 0 bridgehead atoms. The maximum atomic E-state index is 5.33. The van der Waals surface area contributed by atoms with E-state index in [1.807, 2.05) is 18.6 Å². The summed E-state index contributed by atoms with van der Waals surface area (Å²) in [7, 11) is 3.75. The Morgan fingerprint density at radius 1 is 1.71 bits per heavy atom. The molecule has 4 heteroatoms. The molecule has 3 nitrogen and oxygen atoms in total. The maximum absolute atomic E-state index is 5.33. The molecule has 1 aliphatic rings. The molecule has 0 radical (unpaired) electrons. The molecule has 1 atom stereocenters. The Kier molecular flexibility index (Phi) is 2.85. The molecule has 0 saturated heterocycles. The van der Waals surface area contributed by atoms with Crippen LogP contribution in [0.5, 0.6) is 0 Å². The molecule has 0 aliphatic heterocycles. The predicted molar refractivity (Wildman–Crippen MR) is 57.5 cm³/mol. The summed E-state index contributed by atoms with van der Waals surface area (Å²) < 4.78 is 5.33. The van der Waals surface area contributed by atoms with E-state index in [2.05, 4.69) is 10.3 Å². The van der Waals surface area contributed by atoms with Gasteiger partial charge in [-0.15, -0.1) is 11.3 Å². The van der Waals surface area contributed by atoms with Gasteiger partial charge in [-0.2, -0.15) is 0 Å². The van der Waals surface area contributed by atoms with Crippen LogP contribution in [0.1, 0.15) is 17.8 Å². The lowest BCUT2D eigenvalue weighted by molar-refractivity contribution is 0.0981. The summed E-state index contributed by atoms with van der Waals surface area (Å²) in [4.78, 5) is 4.42. The number of methoxy groups -OCH3 is 1. The number of hydrogen-bond acceptors (Lipinski definition) is 4. The van der Waals surface area contributed by atoms with Crippen LogP contribution < -0.4 is 5.32 Å². The van der Waals surface area contributed by atoms with Gasteiger partial charge in [0.1, 0.15) is 5.01 Å². The average molecular weight is 212 g/mol. The van der Waals surface area contributed by atoms with Crippen LogP contribution in [-0.2, 0) is 10.3 Å². The van der Waals surface area contributed by atoms with Gasteiger partial charge in [0.25, 0.3) is 0 Å². The highest BCUT2D eigenvalue weighted by Crippen LogP contribution is 2.46. The Balaban J connectivity index is 2.27. The second-order valence-corrected chi connectivity index (χ2v) is 4.66. The Labute approximate surface area is 88.5 Å². The van der Waals surface area contributed by atoms with Crippen molar-refractivity contribution in [1.82, 2.24) is 10.3 Å². The minimum atomic E-state index is -0.0388. The van der Waals surface area contributed by atoms with E-state index in [4.69, 9.17) is 4.74 Å². The highest BCUT2D eigenvalue weighted by Gasteiger charge is 2.47. The Bertz CT molecular complexity index is 284. The molecule has 0 aromatic carbocycles. The highest BCUT2D eigenvalue weighted by atomic mass is 32.1. The number of nitrogens with zero attached hydrogens (tertiary/aromatic N) is 1. The molecular weight excluding hydrogens is 196 g/mol. The van der Waals surface area contributed by atoms with Crippen LogP contribution in [0.3, 0.4) is 0 Å². The van der Waals surface area contributed by atoms with Gasteiger partial charge in [0.15, 0.2) is 0 Å². The monoisotopic (exact) mass is 212 g/mol. The Morgan fingerprint density at radius 2 is 2.50 bits per heavy atom. The molecule has 1 aromatic heterocycles. The van der Waals surface area contributed by atoms with E-state index in [0.29, 0.717) is 12.5 Å². The van der Waals surface area contributed by atoms with E-state index in [0.717, 1.165) is 5.01 Å². The van der Waals surface area contributed by atoms with Crippen LogP contribution in [-0.4, -0.2) is 25.7 Å². The van der Waals surface area contributed by atoms with E-state index in [-0.39, 0.29) is 5.54 Å². The largest absolute Gasteiger partial charge is 0.382 e. The predicted octanol–water partition coefficient (Wildman–Crippen LogP) is 1.61. The number of aromatic nitrogens is 1. The Hall–Kier alpha value is -0.450. The lowest BCUT2D eigenvalue weighted by Gasteiger charge is -2.30.